The Morgan fingerprint density at radius 1 is 1.38 bits per heavy atom. The van der Waals surface area contributed by atoms with Gasteiger partial charge in [0.2, 0.25) is 0 Å². The van der Waals surface area contributed by atoms with E-state index in [1.807, 2.05) is 6.92 Å². The number of hydrogen-bond donors (Lipinski definition) is 1. The van der Waals surface area contributed by atoms with E-state index >= 15 is 0 Å². The second-order valence-corrected chi connectivity index (χ2v) is 5.90. The number of fused-ring (bicyclic) bond motifs is 1. The van der Waals surface area contributed by atoms with Gasteiger partial charge in [0.05, 0.1) is 6.54 Å². The number of nitrogens with zero attached hydrogens (tertiary/aromatic N) is 1. The molecule has 0 aliphatic heterocycles. The molecule has 2 heteroatoms. The number of allylic oxidation sites excluding steroid dienone is 3. The van der Waals surface area contributed by atoms with Crippen LogP contribution in [0.3, 0.4) is 0 Å². The van der Waals surface area contributed by atoms with Crippen LogP contribution in [-0.2, 0) is 0 Å². The summed E-state index contributed by atoms with van der Waals surface area (Å²) in [5.74, 6) is 1.35. The largest absolute Gasteiger partial charge is 0.316 e. The summed E-state index contributed by atoms with van der Waals surface area (Å²) in [5, 5.41) is 3.45. The summed E-state index contributed by atoms with van der Waals surface area (Å²) >= 11 is 0. The molecule has 0 bridgehead atoms. The molecule has 0 radical (unpaired) electrons. The Balaban J connectivity index is 0.00000106. The predicted molar refractivity (Wildman–Crippen MR) is 93.6 cm³/mol. The fourth-order valence-electron chi connectivity index (χ4n) is 3.17. The lowest BCUT2D eigenvalue weighted by Crippen LogP contribution is -2.29. The van der Waals surface area contributed by atoms with Gasteiger partial charge in [-0.15, -0.1) is 12.8 Å². The molecule has 2 nitrogen and oxygen atoms in total. The lowest BCUT2D eigenvalue weighted by molar-refractivity contribution is 0.457. The van der Waals surface area contributed by atoms with Crippen LogP contribution >= 0.6 is 0 Å². The number of aliphatic imine (C=N–C) groups is 1. The molecule has 3 atom stereocenters. The summed E-state index contributed by atoms with van der Waals surface area (Å²) in [5.41, 5.74) is 3.71. The van der Waals surface area contributed by atoms with Gasteiger partial charge in [-0.3, -0.25) is 4.99 Å². The molecule has 3 unspecified atom stereocenters. The quantitative estimate of drug-likeness (QED) is 0.474. The standard InChI is InChI=1S/C17H26N2.C2H2/c1-12(2)11-19-13(3)14-6-5-7-16-15(10-14)8-9-17(16)18-4;1-2/h5,7,10,15-18H,1,6,8-9,11H2,2-4H3;1-2H. The van der Waals surface area contributed by atoms with Crippen LogP contribution in [0.25, 0.3) is 0 Å². The maximum Gasteiger partial charge on any atom is 0.0597 e. The van der Waals surface area contributed by atoms with Crippen LogP contribution in [-0.4, -0.2) is 25.3 Å². The van der Waals surface area contributed by atoms with E-state index in [4.69, 9.17) is 0 Å². The summed E-state index contributed by atoms with van der Waals surface area (Å²) in [4.78, 5) is 4.64. The fourth-order valence-corrected chi connectivity index (χ4v) is 3.17. The van der Waals surface area contributed by atoms with E-state index in [0.29, 0.717) is 17.9 Å². The summed E-state index contributed by atoms with van der Waals surface area (Å²) in [7, 11) is 2.08. The number of terminal acetylenes is 1. The van der Waals surface area contributed by atoms with Crippen molar-refractivity contribution in [3.8, 4) is 12.8 Å². The molecule has 1 saturated carbocycles. The van der Waals surface area contributed by atoms with Crippen molar-refractivity contribution in [2.45, 2.75) is 39.2 Å². The smallest absolute Gasteiger partial charge is 0.0597 e. The first-order valence-corrected chi connectivity index (χ1v) is 7.65. The maximum atomic E-state index is 4.64. The Labute approximate surface area is 130 Å². The van der Waals surface area contributed by atoms with Gasteiger partial charge in [0, 0.05) is 11.8 Å². The zero-order valence-electron chi connectivity index (χ0n) is 13.6. The van der Waals surface area contributed by atoms with Gasteiger partial charge in [-0.05, 0) is 57.6 Å². The van der Waals surface area contributed by atoms with E-state index in [9.17, 15) is 0 Å². The first-order chi connectivity index (χ1) is 10.1. The molecule has 2 aliphatic rings. The van der Waals surface area contributed by atoms with Gasteiger partial charge in [0.25, 0.3) is 0 Å². The van der Waals surface area contributed by atoms with E-state index in [1.54, 1.807) is 0 Å². The van der Waals surface area contributed by atoms with Gasteiger partial charge >= 0.3 is 0 Å². The maximum absolute atomic E-state index is 4.64. The van der Waals surface area contributed by atoms with Crippen LogP contribution < -0.4 is 5.32 Å². The Morgan fingerprint density at radius 2 is 2.10 bits per heavy atom. The van der Waals surface area contributed by atoms with Gasteiger partial charge in [-0.2, -0.15) is 0 Å². The molecule has 0 aromatic heterocycles. The second kappa shape index (κ2) is 8.64. The number of rotatable bonds is 4. The summed E-state index contributed by atoms with van der Waals surface area (Å²) in [6, 6.07) is 0.643. The molecule has 0 amide bonds. The molecule has 0 aromatic carbocycles. The van der Waals surface area contributed by atoms with Crippen molar-refractivity contribution in [3.05, 3.63) is 36.0 Å². The summed E-state index contributed by atoms with van der Waals surface area (Å²) < 4.78 is 0. The van der Waals surface area contributed by atoms with Crippen LogP contribution in [0, 0.1) is 24.7 Å². The summed E-state index contributed by atoms with van der Waals surface area (Å²) in [6.45, 7) is 8.83. The Bertz CT molecular complexity index is 465. The highest BCUT2D eigenvalue weighted by Gasteiger charge is 2.33. The van der Waals surface area contributed by atoms with Crippen LogP contribution in [0.2, 0.25) is 0 Å². The van der Waals surface area contributed by atoms with Crippen LogP contribution in [0.1, 0.15) is 33.1 Å². The van der Waals surface area contributed by atoms with E-state index in [-0.39, 0.29) is 0 Å². The Hall–Kier alpha value is -1.59. The minimum Gasteiger partial charge on any atom is -0.316 e. The van der Waals surface area contributed by atoms with Crippen LogP contribution in [0.4, 0.5) is 0 Å². The van der Waals surface area contributed by atoms with E-state index in [2.05, 4.69) is 61.9 Å². The van der Waals surface area contributed by atoms with Crippen molar-refractivity contribution in [1.82, 2.24) is 5.32 Å². The highest BCUT2D eigenvalue weighted by molar-refractivity contribution is 5.98. The molecule has 1 fully saturated rings. The fraction of sp³-hybridized carbons (Fsp3) is 0.526. The normalized spacial score (nSPS) is 28.0. The highest BCUT2D eigenvalue weighted by atomic mass is 14.9. The average Bonchev–Trinajstić information content (AvgIpc) is 2.75. The zero-order chi connectivity index (χ0) is 15.8. The average molecular weight is 284 g/mol. The SMILES string of the molecule is C#C.C=C(C)CN=C(C)C1=CC2CCC(NC)C2C=CC1. The van der Waals surface area contributed by atoms with Gasteiger partial charge in [-0.1, -0.05) is 30.4 Å². The van der Waals surface area contributed by atoms with Crippen molar-refractivity contribution in [2.75, 3.05) is 13.6 Å². The molecule has 2 rings (SSSR count). The van der Waals surface area contributed by atoms with Crippen LogP contribution in [0.5, 0.6) is 0 Å². The molecule has 2 aliphatic carbocycles. The van der Waals surface area contributed by atoms with Crippen molar-refractivity contribution >= 4 is 5.71 Å². The molecule has 0 spiro atoms. The van der Waals surface area contributed by atoms with Crippen molar-refractivity contribution in [2.24, 2.45) is 16.8 Å². The van der Waals surface area contributed by atoms with Crippen molar-refractivity contribution in [3.63, 3.8) is 0 Å². The van der Waals surface area contributed by atoms with Gasteiger partial charge in [-0.25, -0.2) is 0 Å². The molecular formula is C19H28N2. The lowest BCUT2D eigenvalue weighted by Gasteiger charge is -2.18. The van der Waals surface area contributed by atoms with Gasteiger partial charge in [0.1, 0.15) is 0 Å². The monoisotopic (exact) mass is 284 g/mol. The molecule has 0 aromatic rings. The molecular weight excluding hydrogens is 256 g/mol. The summed E-state index contributed by atoms with van der Waals surface area (Å²) in [6.07, 6.45) is 18.8. The number of hydrogen-bond acceptors (Lipinski definition) is 2. The third-order valence-electron chi connectivity index (χ3n) is 4.30. The van der Waals surface area contributed by atoms with E-state index < -0.39 is 0 Å². The minimum absolute atomic E-state index is 0.643. The predicted octanol–water partition coefficient (Wildman–Crippen LogP) is 3.77. The number of nitrogens with one attached hydrogen (secondary N) is 1. The molecule has 0 saturated heterocycles. The van der Waals surface area contributed by atoms with Crippen LogP contribution in [0.15, 0.2) is 40.9 Å². The molecule has 0 heterocycles. The first-order valence-electron chi connectivity index (χ1n) is 7.65. The molecule has 114 valence electrons. The molecule has 1 N–H and O–H groups in total. The Morgan fingerprint density at radius 3 is 2.71 bits per heavy atom. The second-order valence-electron chi connectivity index (χ2n) is 5.90. The van der Waals surface area contributed by atoms with E-state index in [0.717, 1.165) is 18.5 Å². The van der Waals surface area contributed by atoms with Gasteiger partial charge in [0.15, 0.2) is 0 Å². The Kier molecular flexibility index (Phi) is 7.19. The first kappa shape index (κ1) is 17.5. The van der Waals surface area contributed by atoms with Crippen molar-refractivity contribution in [1.29, 1.82) is 0 Å². The highest BCUT2D eigenvalue weighted by Crippen LogP contribution is 2.37. The third-order valence-corrected chi connectivity index (χ3v) is 4.30. The topological polar surface area (TPSA) is 24.4 Å². The van der Waals surface area contributed by atoms with Gasteiger partial charge < -0.3 is 5.32 Å². The van der Waals surface area contributed by atoms with Crippen molar-refractivity contribution < 1.29 is 0 Å². The zero-order valence-corrected chi connectivity index (χ0v) is 13.6. The third kappa shape index (κ3) is 4.72. The minimum atomic E-state index is 0.643. The lowest BCUT2D eigenvalue weighted by atomic mass is 9.93. The molecule has 21 heavy (non-hydrogen) atoms. The van der Waals surface area contributed by atoms with E-state index in [1.165, 1.54) is 24.1 Å².